The summed E-state index contributed by atoms with van der Waals surface area (Å²) in [5.41, 5.74) is 0. The van der Waals surface area contributed by atoms with Gasteiger partial charge in [-0.25, -0.2) is 0 Å². The number of hydrogen-bond donors (Lipinski definition) is 0. The molecule has 0 aromatic heterocycles. The van der Waals surface area contributed by atoms with Crippen LogP contribution in [0.15, 0.2) is 0 Å². The zero-order chi connectivity index (χ0) is 5.41. The van der Waals surface area contributed by atoms with Gasteiger partial charge in [0, 0.05) is 0 Å². The van der Waals surface area contributed by atoms with Crippen LogP contribution in [-0.2, 0) is 0 Å². The third kappa shape index (κ3) is 55.7. The van der Waals surface area contributed by atoms with Crippen LogP contribution in [0.25, 0.3) is 0 Å². The van der Waals surface area contributed by atoms with E-state index in [2.05, 4.69) is 13.8 Å². The first-order chi connectivity index (χ1) is 2.83. The first-order valence-corrected chi connectivity index (χ1v) is 5.81. The second-order valence-corrected chi connectivity index (χ2v) is 3.08. The fourth-order valence-electron chi connectivity index (χ4n) is 0. The largest absolute Gasteiger partial charge is 0.618 e. The highest BCUT2D eigenvalue weighted by atomic mass is 35.6. The highest BCUT2D eigenvalue weighted by molar-refractivity contribution is 7.22. The standard InChI is InChI=1S/C3H6.2ClH.Mg/c1-3-2;;;/h1-3H2;2*1H;/q;;;+2/p-2. The van der Waals surface area contributed by atoms with E-state index in [0.29, 0.717) is 0 Å². The van der Waals surface area contributed by atoms with E-state index >= 15 is 0 Å². The molecule has 0 saturated heterocycles. The highest BCUT2D eigenvalue weighted by Crippen LogP contribution is 1.67. The van der Waals surface area contributed by atoms with Crippen LogP contribution in [-0.4, -0.2) is 18.2 Å². The van der Waals surface area contributed by atoms with Crippen molar-refractivity contribution < 1.29 is 0 Å². The Labute approximate surface area is 56.5 Å². The monoisotopic (exact) mass is 136 g/mol. The van der Waals surface area contributed by atoms with Crippen molar-refractivity contribution in [2.24, 2.45) is 0 Å². The first kappa shape index (κ1) is 10.4. The molecule has 0 rings (SSSR count). The van der Waals surface area contributed by atoms with Gasteiger partial charge in [0.25, 0.3) is 0 Å². The van der Waals surface area contributed by atoms with Gasteiger partial charge in [-0.3, -0.25) is 0 Å². The maximum absolute atomic E-state index is 4.90. The van der Waals surface area contributed by atoms with Crippen molar-refractivity contribution in [3.05, 3.63) is 13.8 Å². The van der Waals surface area contributed by atoms with Gasteiger partial charge in [-0.2, -0.15) is 0 Å². The van der Waals surface area contributed by atoms with Gasteiger partial charge in [-0.1, -0.05) is 20.3 Å². The Hall–Kier alpha value is 1.35. The molecule has 0 aliphatic carbocycles. The van der Waals surface area contributed by atoms with Gasteiger partial charge in [0.1, 0.15) is 0 Å². The molecule has 0 aliphatic rings. The summed E-state index contributed by atoms with van der Waals surface area (Å²) in [5.74, 6) is 0. The summed E-state index contributed by atoms with van der Waals surface area (Å²) in [6, 6.07) is 0. The molecule has 0 heterocycles. The van der Waals surface area contributed by atoms with Crippen molar-refractivity contribution in [1.82, 2.24) is 0 Å². The number of halogens is 2. The number of hydrogen-bond acceptors (Lipinski definition) is 0. The molecular formula is C3H6Cl2Mg. The predicted molar refractivity (Wildman–Crippen MR) is 32.8 cm³/mol. The second-order valence-electron chi connectivity index (χ2n) is 0.455. The van der Waals surface area contributed by atoms with Gasteiger partial charge in [0.15, 0.2) is 0 Å². The maximum atomic E-state index is 4.90. The minimum atomic E-state index is -0.639. The van der Waals surface area contributed by atoms with E-state index in [-0.39, 0.29) is 0 Å². The van der Waals surface area contributed by atoms with Crippen molar-refractivity contribution in [2.75, 3.05) is 0 Å². The van der Waals surface area contributed by atoms with Crippen molar-refractivity contribution >= 4 is 36.3 Å². The van der Waals surface area contributed by atoms with Crippen LogP contribution in [0.3, 0.4) is 0 Å². The topological polar surface area (TPSA) is 0 Å². The molecule has 6 heavy (non-hydrogen) atoms. The van der Waals surface area contributed by atoms with Crippen LogP contribution >= 0.6 is 18.1 Å². The van der Waals surface area contributed by atoms with Crippen molar-refractivity contribution in [2.45, 2.75) is 6.42 Å². The van der Waals surface area contributed by atoms with Crippen LogP contribution in [0, 0.1) is 13.8 Å². The smallest absolute Gasteiger partial charge is 0.309 e. The molecule has 3 heteroatoms. The van der Waals surface area contributed by atoms with E-state index in [1.54, 1.807) is 0 Å². The van der Waals surface area contributed by atoms with Gasteiger partial charge in [-0.05, 0) is 0 Å². The van der Waals surface area contributed by atoms with Crippen LogP contribution in [0.5, 0.6) is 0 Å². The lowest BCUT2D eigenvalue weighted by Gasteiger charge is -1.47. The van der Waals surface area contributed by atoms with Gasteiger partial charge < -0.3 is 18.1 Å². The van der Waals surface area contributed by atoms with Crippen LogP contribution in [0.2, 0.25) is 0 Å². The normalized spacial score (nSPS) is 4.67. The fourth-order valence-corrected chi connectivity index (χ4v) is 0. The molecule has 0 nitrogen and oxygen atoms in total. The van der Waals surface area contributed by atoms with Gasteiger partial charge in [0.2, 0.25) is 0 Å². The molecule has 0 bridgehead atoms. The lowest BCUT2D eigenvalue weighted by atomic mass is 10.6. The SMILES string of the molecule is [CH2]C[CH2].[Cl][Mg][Cl]. The summed E-state index contributed by atoms with van der Waals surface area (Å²) in [5, 5.41) is 0. The quantitative estimate of drug-likeness (QED) is 0.448. The first-order valence-electron chi connectivity index (χ1n) is 1.53. The van der Waals surface area contributed by atoms with E-state index in [4.69, 9.17) is 18.1 Å². The second kappa shape index (κ2) is 16.2. The summed E-state index contributed by atoms with van der Waals surface area (Å²) < 4.78 is 0. The molecule has 0 aromatic carbocycles. The Morgan fingerprint density at radius 3 is 1.33 bits per heavy atom. The van der Waals surface area contributed by atoms with Crippen LogP contribution in [0.1, 0.15) is 6.42 Å². The average molecular weight is 137 g/mol. The molecule has 0 spiro atoms. The Morgan fingerprint density at radius 1 is 1.33 bits per heavy atom. The predicted octanol–water partition coefficient (Wildman–Crippen LogP) is 2.04. The van der Waals surface area contributed by atoms with Crippen molar-refractivity contribution in [3.8, 4) is 0 Å². The molecule has 2 radical (unpaired) electrons. The third-order valence-electron chi connectivity index (χ3n) is 0. The Balaban J connectivity index is 0. The van der Waals surface area contributed by atoms with E-state index in [1.807, 2.05) is 0 Å². The minimum Gasteiger partial charge on any atom is -0.309 e. The summed E-state index contributed by atoms with van der Waals surface area (Å²) >= 11 is -0.639. The molecule has 0 saturated carbocycles. The lowest BCUT2D eigenvalue weighted by molar-refractivity contribution is 1.41. The Kier molecular flexibility index (Phi) is 27.9. The summed E-state index contributed by atoms with van der Waals surface area (Å²) in [6.07, 6.45) is 0.750. The Morgan fingerprint density at radius 2 is 1.33 bits per heavy atom. The zero-order valence-corrected chi connectivity index (χ0v) is 6.51. The highest BCUT2D eigenvalue weighted by Gasteiger charge is 1.64. The maximum Gasteiger partial charge on any atom is 0.618 e. The van der Waals surface area contributed by atoms with Crippen LogP contribution < -0.4 is 0 Å². The summed E-state index contributed by atoms with van der Waals surface area (Å²) in [4.78, 5) is 0. The summed E-state index contributed by atoms with van der Waals surface area (Å²) in [7, 11) is 9.81. The molecule has 0 aliphatic heterocycles. The summed E-state index contributed by atoms with van der Waals surface area (Å²) in [6.45, 7) is 6.75. The molecule has 0 atom stereocenters. The molecule has 0 amide bonds. The molecule has 34 valence electrons. The molecule has 0 fully saturated rings. The fraction of sp³-hybridized carbons (Fsp3) is 0.333. The molecule has 0 N–H and O–H groups in total. The molecule has 0 aromatic rings. The van der Waals surface area contributed by atoms with Gasteiger partial charge in [0.05, 0.1) is 0 Å². The van der Waals surface area contributed by atoms with E-state index in [9.17, 15) is 0 Å². The van der Waals surface area contributed by atoms with E-state index < -0.39 is 18.2 Å². The zero-order valence-electron chi connectivity index (χ0n) is 3.58. The Bertz CT molecular complexity index is 10.8. The van der Waals surface area contributed by atoms with Crippen molar-refractivity contribution in [3.63, 3.8) is 0 Å². The lowest BCUT2D eigenvalue weighted by Crippen LogP contribution is -1.36. The van der Waals surface area contributed by atoms with E-state index in [1.165, 1.54) is 0 Å². The average Bonchev–Trinajstić information content (AvgIpc) is 1.39. The third-order valence-corrected chi connectivity index (χ3v) is 0. The number of rotatable bonds is 0. The minimum absolute atomic E-state index is 0.639. The van der Waals surface area contributed by atoms with E-state index in [0.717, 1.165) is 6.42 Å². The van der Waals surface area contributed by atoms with Crippen LogP contribution in [0.4, 0.5) is 0 Å². The van der Waals surface area contributed by atoms with Gasteiger partial charge >= 0.3 is 18.2 Å². The van der Waals surface area contributed by atoms with Gasteiger partial charge in [-0.15, -0.1) is 0 Å². The molecule has 0 unspecified atom stereocenters. The van der Waals surface area contributed by atoms with Crippen molar-refractivity contribution in [1.29, 1.82) is 0 Å². The molecular weight excluding hydrogens is 131 g/mol.